The fourth-order valence-electron chi connectivity index (χ4n) is 3.11. The molecule has 3 nitrogen and oxygen atoms in total. The molecule has 0 radical (unpaired) electrons. The molecule has 0 unspecified atom stereocenters. The highest BCUT2D eigenvalue weighted by atomic mass is 32.2. The maximum Gasteiger partial charge on any atom is 0.241 e. The molecule has 0 aliphatic heterocycles. The molecule has 0 aliphatic carbocycles. The zero-order valence-electron chi connectivity index (χ0n) is 14.3. The van der Waals surface area contributed by atoms with Gasteiger partial charge in [-0.15, -0.1) is 0 Å². The van der Waals surface area contributed by atoms with Crippen LogP contribution in [-0.4, -0.2) is 15.0 Å². The van der Waals surface area contributed by atoms with E-state index in [0.29, 0.717) is 29.2 Å². The van der Waals surface area contributed by atoms with Gasteiger partial charge in [0.15, 0.2) is 0 Å². The molecule has 0 atom stereocenters. The van der Waals surface area contributed by atoms with E-state index in [9.17, 15) is 8.42 Å². The number of rotatable bonds is 6. The Balaban J connectivity index is 3.03. The van der Waals surface area contributed by atoms with Crippen LogP contribution in [0, 0.1) is 38.5 Å². The van der Waals surface area contributed by atoms with E-state index in [-0.39, 0.29) is 0 Å². The predicted octanol–water partition coefficient (Wildman–Crippen LogP) is 3.82. The minimum Gasteiger partial charge on any atom is -0.211 e. The molecule has 1 aromatic carbocycles. The molecule has 0 aliphatic rings. The molecular weight excluding hydrogens is 282 g/mol. The first-order chi connectivity index (χ1) is 9.56. The number of aryl methyl sites for hydroxylation is 3. The lowest BCUT2D eigenvalue weighted by atomic mass is 9.86. The third-order valence-electron chi connectivity index (χ3n) is 4.10. The summed E-state index contributed by atoms with van der Waals surface area (Å²) in [6.45, 7) is 14.8. The van der Waals surface area contributed by atoms with Crippen LogP contribution in [0.15, 0.2) is 17.0 Å². The van der Waals surface area contributed by atoms with E-state index in [4.69, 9.17) is 0 Å². The van der Waals surface area contributed by atoms with Gasteiger partial charge in [-0.3, -0.25) is 0 Å². The molecule has 0 bridgehead atoms. The van der Waals surface area contributed by atoms with Gasteiger partial charge in [0.05, 0.1) is 4.90 Å². The van der Waals surface area contributed by atoms with Crippen molar-refractivity contribution in [2.75, 3.05) is 6.54 Å². The SMILES string of the molecule is Cc1cc(C)c(S(=O)(=O)NCC(C(C)C)C(C)C)c(C)c1. The van der Waals surface area contributed by atoms with Crippen molar-refractivity contribution in [3.05, 3.63) is 28.8 Å². The molecule has 0 saturated heterocycles. The summed E-state index contributed by atoms with van der Waals surface area (Å²) in [5.74, 6) is 1.24. The second kappa shape index (κ2) is 6.93. The van der Waals surface area contributed by atoms with Crippen molar-refractivity contribution >= 4 is 10.0 Å². The van der Waals surface area contributed by atoms with Crippen LogP contribution in [0.5, 0.6) is 0 Å². The average molecular weight is 311 g/mol. The summed E-state index contributed by atoms with van der Waals surface area (Å²) in [6, 6.07) is 3.84. The third kappa shape index (κ3) is 4.55. The molecule has 0 fully saturated rings. The van der Waals surface area contributed by atoms with Gasteiger partial charge in [0.25, 0.3) is 0 Å². The Morgan fingerprint density at radius 3 is 1.76 bits per heavy atom. The van der Waals surface area contributed by atoms with E-state index in [2.05, 4.69) is 32.4 Å². The fraction of sp³-hybridized carbons (Fsp3) is 0.647. The number of hydrogen-bond donors (Lipinski definition) is 1. The average Bonchev–Trinajstić information content (AvgIpc) is 2.25. The highest BCUT2D eigenvalue weighted by Crippen LogP contribution is 2.24. The Bertz CT molecular complexity index is 558. The molecule has 1 N–H and O–H groups in total. The van der Waals surface area contributed by atoms with E-state index in [1.165, 1.54) is 0 Å². The highest BCUT2D eigenvalue weighted by Gasteiger charge is 2.23. The molecule has 0 amide bonds. The van der Waals surface area contributed by atoms with Crippen molar-refractivity contribution in [3.8, 4) is 0 Å². The number of sulfonamides is 1. The lowest BCUT2D eigenvalue weighted by Gasteiger charge is -2.25. The highest BCUT2D eigenvalue weighted by molar-refractivity contribution is 7.89. The maximum absolute atomic E-state index is 12.6. The second-order valence-electron chi connectivity index (χ2n) is 6.73. The molecule has 21 heavy (non-hydrogen) atoms. The quantitative estimate of drug-likeness (QED) is 0.868. The zero-order chi connectivity index (χ0) is 16.4. The maximum atomic E-state index is 12.6. The Morgan fingerprint density at radius 2 is 1.38 bits per heavy atom. The lowest BCUT2D eigenvalue weighted by molar-refractivity contribution is 0.289. The van der Waals surface area contributed by atoms with Gasteiger partial charge < -0.3 is 0 Å². The first-order valence-corrected chi connectivity index (χ1v) is 9.12. The van der Waals surface area contributed by atoms with Crippen molar-refractivity contribution < 1.29 is 8.42 Å². The van der Waals surface area contributed by atoms with Gasteiger partial charge in [0.1, 0.15) is 0 Å². The van der Waals surface area contributed by atoms with Gasteiger partial charge >= 0.3 is 0 Å². The first kappa shape index (κ1) is 18.2. The van der Waals surface area contributed by atoms with Gasteiger partial charge in [-0.25, -0.2) is 13.1 Å². The van der Waals surface area contributed by atoms with Crippen molar-refractivity contribution in [3.63, 3.8) is 0 Å². The van der Waals surface area contributed by atoms with E-state index < -0.39 is 10.0 Å². The molecule has 0 saturated carbocycles. The molecule has 1 aromatic rings. The van der Waals surface area contributed by atoms with E-state index >= 15 is 0 Å². The minimum absolute atomic E-state index is 0.339. The first-order valence-electron chi connectivity index (χ1n) is 7.63. The van der Waals surface area contributed by atoms with Gasteiger partial charge in [0.2, 0.25) is 10.0 Å². The smallest absolute Gasteiger partial charge is 0.211 e. The summed E-state index contributed by atoms with van der Waals surface area (Å²) in [5, 5.41) is 0. The van der Waals surface area contributed by atoms with Crippen molar-refractivity contribution in [2.45, 2.75) is 53.4 Å². The van der Waals surface area contributed by atoms with Crippen LogP contribution in [-0.2, 0) is 10.0 Å². The van der Waals surface area contributed by atoms with Gasteiger partial charge in [-0.05, 0) is 49.7 Å². The second-order valence-corrected chi connectivity index (χ2v) is 8.44. The van der Waals surface area contributed by atoms with Crippen LogP contribution in [0.4, 0.5) is 0 Å². The minimum atomic E-state index is -3.45. The Kier molecular flexibility index (Phi) is 6.00. The van der Waals surface area contributed by atoms with Crippen LogP contribution in [0.3, 0.4) is 0 Å². The molecule has 4 heteroatoms. The molecule has 0 aromatic heterocycles. The molecule has 0 heterocycles. The zero-order valence-corrected chi connectivity index (χ0v) is 15.1. The summed E-state index contributed by atoms with van der Waals surface area (Å²) >= 11 is 0. The van der Waals surface area contributed by atoms with Crippen LogP contribution < -0.4 is 4.72 Å². The molecule has 1 rings (SSSR count). The normalized spacial score (nSPS) is 12.7. The number of nitrogens with one attached hydrogen (secondary N) is 1. The molecule has 120 valence electrons. The van der Waals surface area contributed by atoms with Crippen LogP contribution in [0.2, 0.25) is 0 Å². The fourth-order valence-corrected chi connectivity index (χ4v) is 4.63. The summed E-state index contributed by atoms with van der Waals surface area (Å²) in [7, 11) is -3.45. The standard InChI is InChI=1S/C17H29NO2S/c1-11(2)16(12(3)4)10-18-21(19,20)17-14(6)8-13(5)9-15(17)7/h8-9,11-12,16,18H,10H2,1-7H3. The Labute approximate surface area is 130 Å². The molecular formula is C17H29NO2S. The van der Waals surface area contributed by atoms with Crippen LogP contribution >= 0.6 is 0 Å². The van der Waals surface area contributed by atoms with Crippen molar-refractivity contribution in [1.29, 1.82) is 0 Å². The van der Waals surface area contributed by atoms with E-state index in [1.807, 2.05) is 32.9 Å². The Hall–Kier alpha value is -0.870. The lowest BCUT2D eigenvalue weighted by Crippen LogP contribution is -2.34. The number of hydrogen-bond acceptors (Lipinski definition) is 2. The van der Waals surface area contributed by atoms with E-state index in [0.717, 1.165) is 16.7 Å². The topological polar surface area (TPSA) is 46.2 Å². The third-order valence-corrected chi connectivity index (χ3v) is 5.82. The summed E-state index contributed by atoms with van der Waals surface area (Å²) in [5.41, 5.74) is 2.71. The van der Waals surface area contributed by atoms with Crippen LogP contribution in [0.1, 0.15) is 44.4 Å². The van der Waals surface area contributed by atoms with E-state index in [1.54, 1.807) is 0 Å². The van der Waals surface area contributed by atoms with Gasteiger partial charge in [-0.1, -0.05) is 45.4 Å². The summed E-state index contributed by atoms with van der Waals surface area (Å²) < 4.78 is 28.1. The van der Waals surface area contributed by atoms with Crippen molar-refractivity contribution in [1.82, 2.24) is 4.72 Å². The van der Waals surface area contributed by atoms with Crippen molar-refractivity contribution in [2.24, 2.45) is 17.8 Å². The largest absolute Gasteiger partial charge is 0.241 e. The van der Waals surface area contributed by atoms with Gasteiger partial charge in [-0.2, -0.15) is 0 Å². The monoisotopic (exact) mass is 311 g/mol. The molecule has 0 spiro atoms. The Morgan fingerprint density at radius 1 is 0.952 bits per heavy atom. The number of benzene rings is 1. The summed E-state index contributed by atoms with van der Waals surface area (Å²) in [6.07, 6.45) is 0. The summed E-state index contributed by atoms with van der Waals surface area (Å²) in [4.78, 5) is 0.430. The van der Waals surface area contributed by atoms with Gasteiger partial charge in [0, 0.05) is 6.54 Å². The predicted molar refractivity (Wildman–Crippen MR) is 89.0 cm³/mol. The van der Waals surface area contributed by atoms with Crippen LogP contribution in [0.25, 0.3) is 0 Å².